The van der Waals surface area contributed by atoms with E-state index in [1.54, 1.807) is 30.7 Å². The average Bonchev–Trinajstić information content (AvgIpc) is 2.96. The Balaban J connectivity index is 1.82. The molecule has 0 spiro atoms. The standard InChI is InChI=1S/C14H13N3O2S/c1-9-7-17-8-12(16-14(17)20-9)13(18)15-10-4-3-5-11(6-10)19-2/h3-8H,1-2H3,(H,15,18). The zero-order valence-electron chi connectivity index (χ0n) is 11.1. The maximum absolute atomic E-state index is 12.1. The van der Waals surface area contributed by atoms with Crippen LogP contribution in [0.4, 0.5) is 5.69 Å². The number of hydrogen-bond acceptors (Lipinski definition) is 4. The molecular formula is C14H13N3O2S. The van der Waals surface area contributed by atoms with Crippen LogP contribution in [0.15, 0.2) is 36.7 Å². The summed E-state index contributed by atoms with van der Waals surface area (Å²) in [6.07, 6.45) is 3.68. The molecule has 20 heavy (non-hydrogen) atoms. The SMILES string of the molecule is COc1cccc(NC(=O)c2cn3cc(C)sc3n2)c1. The second kappa shape index (κ2) is 4.97. The summed E-state index contributed by atoms with van der Waals surface area (Å²) < 4.78 is 6.98. The molecule has 0 aliphatic carbocycles. The van der Waals surface area contributed by atoms with E-state index in [2.05, 4.69) is 10.3 Å². The lowest BCUT2D eigenvalue weighted by atomic mass is 10.3. The first kappa shape index (κ1) is 12.7. The Morgan fingerprint density at radius 2 is 2.25 bits per heavy atom. The molecule has 0 fully saturated rings. The summed E-state index contributed by atoms with van der Waals surface area (Å²) in [6, 6.07) is 7.22. The molecule has 2 heterocycles. The number of aromatic nitrogens is 2. The van der Waals surface area contributed by atoms with Gasteiger partial charge in [-0.05, 0) is 19.1 Å². The number of carbonyl (C=O) groups is 1. The van der Waals surface area contributed by atoms with Crippen molar-refractivity contribution in [2.24, 2.45) is 0 Å². The van der Waals surface area contributed by atoms with Crippen molar-refractivity contribution in [3.05, 3.63) is 47.2 Å². The number of benzene rings is 1. The smallest absolute Gasteiger partial charge is 0.275 e. The number of anilines is 1. The third kappa shape index (κ3) is 2.37. The van der Waals surface area contributed by atoms with Crippen LogP contribution in [0, 0.1) is 6.92 Å². The van der Waals surface area contributed by atoms with Crippen LogP contribution in [0.3, 0.4) is 0 Å². The van der Waals surface area contributed by atoms with E-state index in [-0.39, 0.29) is 5.91 Å². The predicted molar refractivity (Wildman–Crippen MR) is 78.8 cm³/mol. The van der Waals surface area contributed by atoms with Gasteiger partial charge in [0.1, 0.15) is 11.4 Å². The van der Waals surface area contributed by atoms with Crippen LogP contribution >= 0.6 is 11.3 Å². The number of amides is 1. The van der Waals surface area contributed by atoms with Crippen molar-refractivity contribution in [1.29, 1.82) is 0 Å². The van der Waals surface area contributed by atoms with Crippen molar-refractivity contribution in [3.63, 3.8) is 0 Å². The lowest BCUT2D eigenvalue weighted by Crippen LogP contribution is -2.12. The monoisotopic (exact) mass is 287 g/mol. The first-order valence-electron chi connectivity index (χ1n) is 6.06. The molecule has 3 rings (SSSR count). The molecule has 102 valence electrons. The van der Waals surface area contributed by atoms with Crippen molar-refractivity contribution in [1.82, 2.24) is 9.38 Å². The second-order valence-corrected chi connectivity index (χ2v) is 5.56. The van der Waals surface area contributed by atoms with E-state index in [0.29, 0.717) is 17.1 Å². The van der Waals surface area contributed by atoms with Gasteiger partial charge in [0.25, 0.3) is 5.91 Å². The fourth-order valence-electron chi connectivity index (χ4n) is 1.92. The van der Waals surface area contributed by atoms with E-state index < -0.39 is 0 Å². The quantitative estimate of drug-likeness (QED) is 0.805. The molecule has 0 unspecified atom stereocenters. The minimum absolute atomic E-state index is 0.230. The number of thiazole rings is 1. The van der Waals surface area contributed by atoms with Crippen molar-refractivity contribution in [2.75, 3.05) is 12.4 Å². The van der Waals surface area contributed by atoms with Crippen molar-refractivity contribution >= 4 is 27.9 Å². The second-order valence-electron chi connectivity index (χ2n) is 4.34. The van der Waals surface area contributed by atoms with Crippen molar-refractivity contribution in [2.45, 2.75) is 6.92 Å². The van der Waals surface area contributed by atoms with Crippen LogP contribution in [0.1, 0.15) is 15.4 Å². The third-order valence-electron chi connectivity index (χ3n) is 2.83. The number of ether oxygens (including phenoxy) is 1. The summed E-state index contributed by atoms with van der Waals surface area (Å²) in [5.41, 5.74) is 1.08. The zero-order valence-corrected chi connectivity index (χ0v) is 11.9. The summed E-state index contributed by atoms with van der Waals surface area (Å²) in [5, 5.41) is 2.81. The highest BCUT2D eigenvalue weighted by Gasteiger charge is 2.12. The minimum Gasteiger partial charge on any atom is -0.497 e. The van der Waals surface area contributed by atoms with Gasteiger partial charge in [-0.1, -0.05) is 6.07 Å². The molecule has 0 saturated heterocycles. The van der Waals surface area contributed by atoms with Gasteiger partial charge in [-0.2, -0.15) is 0 Å². The van der Waals surface area contributed by atoms with Crippen LogP contribution in [0.2, 0.25) is 0 Å². The molecule has 0 bridgehead atoms. The fraction of sp³-hybridized carbons (Fsp3) is 0.143. The molecule has 1 aromatic carbocycles. The molecule has 0 aliphatic rings. The topological polar surface area (TPSA) is 55.6 Å². The summed E-state index contributed by atoms with van der Waals surface area (Å²) in [6.45, 7) is 2.01. The summed E-state index contributed by atoms with van der Waals surface area (Å²) in [5.74, 6) is 0.469. The van der Waals surface area contributed by atoms with Gasteiger partial charge < -0.3 is 10.1 Å². The Bertz CT molecular complexity index is 744. The van der Waals surface area contributed by atoms with E-state index in [0.717, 1.165) is 9.84 Å². The Kier molecular flexibility index (Phi) is 3.15. The molecule has 1 N–H and O–H groups in total. The van der Waals surface area contributed by atoms with Gasteiger partial charge in [-0.3, -0.25) is 9.20 Å². The highest BCUT2D eigenvalue weighted by molar-refractivity contribution is 7.17. The molecule has 6 heteroatoms. The molecule has 1 amide bonds. The van der Waals surface area contributed by atoms with Gasteiger partial charge in [-0.15, -0.1) is 11.3 Å². The van der Waals surface area contributed by atoms with Gasteiger partial charge in [0.05, 0.1) is 7.11 Å². The van der Waals surface area contributed by atoms with E-state index in [1.165, 1.54) is 0 Å². The molecule has 3 aromatic rings. The fourth-order valence-corrected chi connectivity index (χ4v) is 2.73. The van der Waals surface area contributed by atoms with Gasteiger partial charge in [-0.25, -0.2) is 4.98 Å². The highest BCUT2D eigenvalue weighted by Crippen LogP contribution is 2.19. The Morgan fingerprint density at radius 1 is 1.40 bits per heavy atom. The molecule has 0 aliphatic heterocycles. The number of rotatable bonds is 3. The number of aryl methyl sites for hydroxylation is 1. The zero-order chi connectivity index (χ0) is 14.1. The van der Waals surface area contributed by atoms with Crippen LogP contribution in [0.5, 0.6) is 5.75 Å². The summed E-state index contributed by atoms with van der Waals surface area (Å²) >= 11 is 1.55. The predicted octanol–water partition coefficient (Wildman–Crippen LogP) is 2.97. The first-order valence-corrected chi connectivity index (χ1v) is 6.88. The summed E-state index contributed by atoms with van der Waals surface area (Å²) in [7, 11) is 1.59. The van der Waals surface area contributed by atoms with Gasteiger partial charge in [0.2, 0.25) is 0 Å². The Hall–Kier alpha value is -2.34. The van der Waals surface area contributed by atoms with E-state index >= 15 is 0 Å². The molecular weight excluding hydrogens is 274 g/mol. The molecule has 5 nitrogen and oxygen atoms in total. The number of nitrogens with zero attached hydrogens (tertiary/aromatic N) is 2. The number of imidazole rings is 1. The Labute approximate surface area is 119 Å². The van der Waals surface area contributed by atoms with Gasteiger partial charge in [0, 0.05) is 29.0 Å². The number of fused-ring (bicyclic) bond motifs is 1. The molecule has 0 radical (unpaired) electrons. The van der Waals surface area contributed by atoms with E-state index in [9.17, 15) is 4.79 Å². The van der Waals surface area contributed by atoms with Crippen LogP contribution in [-0.4, -0.2) is 22.4 Å². The van der Waals surface area contributed by atoms with Crippen LogP contribution < -0.4 is 10.1 Å². The molecule has 2 aromatic heterocycles. The molecule has 0 saturated carbocycles. The average molecular weight is 287 g/mol. The van der Waals surface area contributed by atoms with Crippen molar-refractivity contribution in [3.8, 4) is 5.75 Å². The number of hydrogen-bond donors (Lipinski definition) is 1. The summed E-state index contributed by atoms with van der Waals surface area (Å²) in [4.78, 5) is 18.4. The highest BCUT2D eigenvalue weighted by atomic mass is 32.1. The minimum atomic E-state index is -0.230. The lowest BCUT2D eigenvalue weighted by Gasteiger charge is -2.05. The normalized spacial score (nSPS) is 10.7. The van der Waals surface area contributed by atoms with Gasteiger partial charge >= 0.3 is 0 Å². The maximum Gasteiger partial charge on any atom is 0.275 e. The van der Waals surface area contributed by atoms with Gasteiger partial charge in [0.15, 0.2) is 4.96 Å². The first-order chi connectivity index (χ1) is 9.65. The Morgan fingerprint density at radius 3 is 3.00 bits per heavy atom. The van der Waals surface area contributed by atoms with E-state index in [1.807, 2.05) is 35.7 Å². The van der Waals surface area contributed by atoms with Crippen LogP contribution in [0.25, 0.3) is 4.96 Å². The number of methoxy groups -OCH3 is 1. The van der Waals surface area contributed by atoms with Crippen molar-refractivity contribution < 1.29 is 9.53 Å². The van der Waals surface area contributed by atoms with Crippen LogP contribution in [-0.2, 0) is 0 Å². The maximum atomic E-state index is 12.1. The molecule has 0 atom stereocenters. The third-order valence-corrected chi connectivity index (χ3v) is 3.74. The van der Waals surface area contributed by atoms with E-state index in [4.69, 9.17) is 4.74 Å². The largest absolute Gasteiger partial charge is 0.497 e. The number of carbonyl (C=O) groups excluding carboxylic acids is 1. The number of nitrogens with one attached hydrogen (secondary N) is 1. The lowest BCUT2D eigenvalue weighted by molar-refractivity contribution is 0.102.